The van der Waals surface area contributed by atoms with Gasteiger partial charge in [-0.25, -0.2) is 14.9 Å². The van der Waals surface area contributed by atoms with Gasteiger partial charge in [-0.2, -0.15) is 18.3 Å². The maximum Gasteiger partial charge on any atom is 0.490 e. The number of alkyl halides is 3. The van der Waals surface area contributed by atoms with E-state index in [-0.39, 0.29) is 5.56 Å². The largest absolute Gasteiger partial charge is 0.490 e. The van der Waals surface area contributed by atoms with Crippen LogP contribution in [0.25, 0.3) is 22.3 Å². The zero-order valence-corrected chi connectivity index (χ0v) is 17.6. The Balaban J connectivity index is 0.000000383. The van der Waals surface area contributed by atoms with Crippen molar-refractivity contribution in [3.8, 4) is 23.1 Å². The average Bonchev–Trinajstić information content (AvgIpc) is 3.19. The first kappa shape index (κ1) is 23.8. The Labute approximate surface area is 186 Å². The number of aliphatic carboxylic acids is 1. The second kappa shape index (κ2) is 10.2. The number of aromatic amines is 1. The molecule has 3 heterocycles. The van der Waals surface area contributed by atoms with E-state index < -0.39 is 12.1 Å². The van der Waals surface area contributed by atoms with Crippen LogP contribution in [0.5, 0.6) is 0 Å². The lowest BCUT2D eigenvalue weighted by molar-refractivity contribution is -0.192. The van der Waals surface area contributed by atoms with E-state index in [1.807, 2.05) is 34.9 Å². The lowest BCUT2D eigenvalue weighted by Gasteiger charge is -2.28. The summed E-state index contributed by atoms with van der Waals surface area (Å²) in [6, 6.07) is 9.79. The second-order valence-electron chi connectivity index (χ2n) is 6.93. The van der Waals surface area contributed by atoms with Gasteiger partial charge in [0.05, 0.1) is 6.54 Å². The number of imidazole rings is 1. The van der Waals surface area contributed by atoms with Gasteiger partial charge in [0.2, 0.25) is 5.95 Å². The average molecular weight is 462 g/mol. The Morgan fingerprint density at radius 1 is 1.21 bits per heavy atom. The summed E-state index contributed by atoms with van der Waals surface area (Å²) in [4.78, 5) is 28.5. The van der Waals surface area contributed by atoms with Crippen molar-refractivity contribution in [3.63, 3.8) is 0 Å². The fourth-order valence-corrected chi connectivity index (χ4v) is 3.26. The topological polar surface area (TPSA) is 116 Å². The van der Waals surface area contributed by atoms with E-state index in [9.17, 15) is 18.0 Å². The minimum atomic E-state index is -5.08. The van der Waals surface area contributed by atoms with E-state index in [0.717, 1.165) is 37.7 Å². The second-order valence-corrected chi connectivity index (χ2v) is 6.93. The monoisotopic (exact) mass is 462 g/mol. The van der Waals surface area contributed by atoms with Crippen LogP contribution in [0.15, 0.2) is 35.1 Å². The predicted octanol–water partition coefficient (Wildman–Crippen LogP) is 1.85. The zero-order valence-electron chi connectivity index (χ0n) is 17.6. The molecule has 1 aliphatic rings. The van der Waals surface area contributed by atoms with Gasteiger partial charge in [0.25, 0.3) is 5.56 Å². The van der Waals surface area contributed by atoms with E-state index in [4.69, 9.17) is 14.9 Å². The number of carbonyl (C=O) groups is 1. The van der Waals surface area contributed by atoms with Crippen LogP contribution < -0.4 is 15.8 Å². The summed E-state index contributed by atoms with van der Waals surface area (Å²) in [6.07, 6.45) is -5.08. The summed E-state index contributed by atoms with van der Waals surface area (Å²) in [7, 11) is 0. The maximum absolute atomic E-state index is 12.6. The number of piperazine rings is 1. The molecule has 1 aliphatic heterocycles. The smallest absolute Gasteiger partial charge is 0.475 e. The van der Waals surface area contributed by atoms with Gasteiger partial charge in [0, 0.05) is 31.7 Å². The molecule has 0 saturated carbocycles. The molecule has 0 aliphatic carbocycles. The molecule has 3 N–H and O–H groups in total. The number of fused-ring (bicyclic) bond motifs is 1. The normalized spacial score (nSPS) is 13.6. The first-order chi connectivity index (χ1) is 15.7. The van der Waals surface area contributed by atoms with Gasteiger partial charge < -0.3 is 15.3 Å². The van der Waals surface area contributed by atoms with E-state index in [1.54, 1.807) is 6.92 Å². The summed E-state index contributed by atoms with van der Waals surface area (Å²) in [5.41, 5.74) is 2.50. The van der Waals surface area contributed by atoms with Crippen molar-refractivity contribution in [2.24, 2.45) is 0 Å². The van der Waals surface area contributed by atoms with Crippen molar-refractivity contribution in [2.45, 2.75) is 19.6 Å². The molecule has 3 aromatic rings. The van der Waals surface area contributed by atoms with Crippen LogP contribution in [0.3, 0.4) is 0 Å². The Morgan fingerprint density at radius 3 is 2.42 bits per heavy atom. The van der Waals surface area contributed by atoms with Gasteiger partial charge in [0.15, 0.2) is 0 Å². The van der Waals surface area contributed by atoms with Crippen LogP contribution in [-0.4, -0.2) is 63.2 Å². The number of rotatable bonds is 3. The van der Waals surface area contributed by atoms with Crippen molar-refractivity contribution in [1.82, 2.24) is 25.1 Å². The molecule has 0 bridgehead atoms. The van der Waals surface area contributed by atoms with Gasteiger partial charge in [-0.3, -0.25) is 9.36 Å². The molecule has 1 fully saturated rings. The lowest BCUT2D eigenvalue weighted by Crippen LogP contribution is -2.44. The minimum absolute atomic E-state index is 0.244. The molecule has 0 atom stereocenters. The van der Waals surface area contributed by atoms with Crippen LogP contribution in [0.1, 0.15) is 6.92 Å². The summed E-state index contributed by atoms with van der Waals surface area (Å²) < 4.78 is 33.6. The van der Waals surface area contributed by atoms with Crippen molar-refractivity contribution in [1.29, 1.82) is 0 Å². The molecular formula is C21H21F3N6O3. The number of nitrogens with zero attached hydrogens (tertiary/aromatic N) is 4. The minimum Gasteiger partial charge on any atom is -0.475 e. The number of hydrogen-bond donors (Lipinski definition) is 3. The third-order valence-electron chi connectivity index (χ3n) is 4.76. The van der Waals surface area contributed by atoms with Gasteiger partial charge in [0.1, 0.15) is 16.7 Å². The van der Waals surface area contributed by atoms with Crippen molar-refractivity contribution >= 4 is 23.0 Å². The molecule has 2 aromatic heterocycles. The summed E-state index contributed by atoms with van der Waals surface area (Å²) >= 11 is 0. The van der Waals surface area contributed by atoms with Gasteiger partial charge in [-0.05, 0) is 6.92 Å². The molecule has 0 radical (unpaired) electrons. The molecule has 1 aromatic carbocycles. The highest BCUT2D eigenvalue weighted by Gasteiger charge is 2.38. The predicted molar refractivity (Wildman–Crippen MR) is 116 cm³/mol. The number of H-pyrrole nitrogens is 1. The quantitative estimate of drug-likeness (QED) is 0.509. The summed E-state index contributed by atoms with van der Waals surface area (Å²) in [6.45, 7) is 5.69. The van der Waals surface area contributed by atoms with Crippen LogP contribution >= 0.6 is 0 Å². The van der Waals surface area contributed by atoms with Gasteiger partial charge >= 0.3 is 12.1 Å². The molecular weight excluding hydrogens is 441 g/mol. The van der Waals surface area contributed by atoms with Crippen LogP contribution in [0.2, 0.25) is 0 Å². The molecule has 174 valence electrons. The standard InChI is InChI=1S/C19H20N6O.C2HF3O2/c1-2-3-11-25-17-16(21-19(25)24-12-9-20-10-13-24)15(22-23-18(17)26)14-7-5-4-6-8-14;3-2(4,5)1(6)7/h4-8,20H,9-13H2,1H3,(H,23,26);(H,6,7). The highest BCUT2D eigenvalue weighted by molar-refractivity contribution is 5.90. The SMILES string of the molecule is CC#CCn1c(N2CCNCC2)nc2c(-c3ccccc3)n[nH]c(=O)c21.O=C(O)C(F)(F)F. The first-order valence-electron chi connectivity index (χ1n) is 9.93. The van der Waals surface area contributed by atoms with Crippen molar-refractivity contribution in [3.05, 3.63) is 40.7 Å². The first-order valence-corrected chi connectivity index (χ1v) is 9.93. The Bertz CT molecular complexity index is 1240. The zero-order chi connectivity index (χ0) is 24.0. The number of anilines is 1. The number of aromatic nitrogens is 4. The Morgan fingerprint density at radius 2 is 1.85 bits per heavy atom. The van der Waals surface area contributed by atoms with Crippen LogP contribution in [0.4, 0.5) is 19.1 Å². The Kier molecular flexibility index (Phi) is 7.34. The fraction of sp³-hybridized carbons (Fsp3) is 0.333. The third kappa shape index (κ3) is 5.50. The van der Waals surface area contributed by atoms with E-state index in [0.29, 0.717) is 23.3 Å². The number of benzene rings is 1. The number of hydrogen-bond acceptors (Lipinski definition) is 6. The number of halogens is 3. The molecule has 1 saturated heterocycles. The molecule has 9 nitrogen and oxygen atoms in total. The Hall–Kier alpha value is -3.85. The van der Waals surface area contributed by atoms with Crippen LogP contribution in [-0.2, 0) is 11.3 Å². The van der Waals surface area contributed by atoms with Crippen molar-refractivity contribution in [2.75, 3.05) is 31.1 Å². The third-order valence-corrected chi connectivity index (χ3v) is 4.76. The van der Waals surface area contributed by atoms with Crippen LogP contribution in [0, 0.1) is 11.8 Å². The highest BCUT2D eigenvalue weighted by Crippen LogP contribution is 2.27. The molecule has 0 unspecified atom stereocenters. The number of carboxylic acid groups (broad SMARTS) is 1. The van der Waals surface area contributed by atoms with Gasteiger partial charge in [-0.1, -0.05) is 36.3 Å². The van der Waals surface area contributed by atoms with Crippen molar-refractivity contribution < 1.29 is 23.1 Å². The maximum atomic E-state index is 12.6. The molecule has 0 spiro atoms. The van der Waals surface area contributed by atoms with Gasteiger partial charge in [-0.15, -0.1) is 5.92 Å². The van der Waals surface area contributed by atoms with E-state index in [2.05, 4.69) is 32.3 Å². The molecule has 12 heteroatoms. The number of carboxylic acids is 1. The van der Waals surface area contributed by atoms with E-state index in [1.165, 1.54) is 0 Å². The lowest BCUT2D eigenvalue weighted by atomic mass is 10.1. The summed E-state index contributed by atoms with van der Waals surface area (Å²) in [5.74, 6) is 4.00. The fourth-order valence-electron chi connectivity index (χ4n) is 3.26. The molecule has 0 amide bonds. The van der Waals surface area contributed by atoms with E-state index >= 15 is 0 Å². The molecule has 33 heavy (non-hydrogen) atoms. The number of nitrogens with one attached hydrogen (secondary N) is 2. The molecule has 4 rings (SSSR count). The highest BCUT2D eigenvalue weighted by atomic mass is 19.4. The summed E-state index contributed by atoms with van der Waals surface area (Å²) in [5, 5.41) is 17.4.